The van der Waals surface area contributed by atoms with Crippen molar-refractivity contribution < 1.29 is 0 Å². The van der Waals surface area contributed by atoms with E-state index < -0.39 is 0 Å². The summed E-state index contributed by atoms with van der Waals surface area (Å²) in [6.45, 7) is 5.76. The zero-order valence-corrected chi connectivity index (χ0v) is 13.2. The number of rotatable bonds is 6. The Balaban J connectivity index is 2.03. The third kappa shape index (κ3) is 3.97. The molecule has 2 unspecified atom stereocenters. The molecule has 0 aliphatic carbocycles. The van der Waals surface area contributed by atoms with Gasteiger partial charge in [-0.2, -0.15) is 0 Å². The van der Waals surface area contributed by atoms with E-state index in [2.05, 4.69) is 55.1 Å². The second-order valence-corrected chi connectivity index (χ2v) is 6.30. The Morgan fingerprint density at radius 3 is 2.80 bits per heavy atom. The molecular weight excluding hydrogens is 246 g/mol. The van der Waals surface area contributed by atoms with E-state index in [1.54, 1.807) is 0 Å². The number of benzene rings is 1. The molecule has 3 heteroatoms. The molecule has 1 aliphatic heterocycles. The molecule has 3 nitrogen and oxygen atoms in total. The molecule has 0 saturated carbocycles. The zero-order valence-electron chi connectivity index (χ0n) is 13.2. The van der Waals surface area contributed by atoms with Gasteiger partial charge in [0.25, 0.3) is 0 Å². The van der Waals surface area contributed by atoms with Crippen LogP contribution in [-0.2, 0) is 6.42 Å². The Kier molecular flexibility index (Phi) is 5.44. The predicted octanol–water partition coefficient (Wildman–Crippen LogP) is 2.35. The van der Waals surface area contributed by atoms with Gasteiger partial charge in [0.1, 0.15) is 0 Å². The van der Waals surface area contributed by atoms with Crippen LogP contribution in [0, 0.1) is 5.92 Å². The minimum absolute atomic E-state index is 0.266. The van der Waals surface area contributed by atoms with Crippen molar-refractivity contribution in [3.8, 4) is 0 Å². The van der Waals surface area contributed by atoms with E-state index in [-0.39, 0.29) is 6.04 Å². The summed E-state index contributed by atoms with van der Waals surface area (Å²) in [5.41, 5.74) is 8.87. The number of anilines is 1. The second-order valence-electron chi connectivity index (χ2n) is 6.30. The van der Waals surface area contributed by atoms with E-state index in [0.29, 0.717) is 0 Å². The van der Waals surface area contributed by atoms with Crippen molar-refractivity contribution in [3.63, 3.8) is 0 Å². The third-order valence-corrected chi connectivity index (χ3v) is 4.43. The lowest BCUT2D eigenvalue weighted by Gasteiger charge is -2.26. The van der Waals surface area contributed by atoms with E-state index in [4.69, 9.17) is 5.73 Å². The van der Waals surface area contributed by atoms with Crippen LogP contribution in [0.5, 0.6) is 0 Å². The standard InChI is InChI=1S/C17H29N3/c1-4-16(18)11-15-7-5-6-8-17(15)20(3)13-14-9-10-19(2)12-14/h5-8,14,16H,4,9-13,18H2,1-3H3. The molecule has 1 aliphatic rings. The first-order valence-corrected chi connectivity index (χ1v) is 7.83. The molecule has 1 aromatic carbocycles. The molecule has 20 heavy (non-hydrogen) atoms. The van der Waals surface area contributed by atoms with Crippen molar-refractivity contribution in [2.24, 2.45) is 11.7 Å². The van der Waals surface area contributed by atoms with Crippen LogP contribution in [0.3, 0.4) is 0 Å². The number of nitrogens with zero attached hydrogens (tertiary/aromatic N) is 2. The monoisotopic (exact) mass is 275 g/mol. The van der Waals surface area contributed by atoms with Crippen LogP contribution in [0.15, 0.2) is 24.3 Å². The Labute approximate surface area is 123 Å². The largest absolute Gasteiger partial charge is 0.374 e. The van der Waals surface area contributed by atoms with Gasteiger partial charge in [-0.3, -0.25) is 0 Å². The normalized spacial score (nSPS) is 21.1. The maximum absolute atomic E-state index is 6.13. The van der Waals surface area contributed by atoms with Gasteiger partial charge < -0.3 is 15.5 Å². The van der Waals surface area contributed by atoms with E-state index >= 15 is 0 Å². The molecule has 0 amide bonds. The fraction of sp³-hybridized carbons (Fsp3) is 0.647. The van der Waals surface area contributed by atoms with Gasteiger partial charge >= 0.3 is 0 Å². The van der Waals surface area contributed by atoms with Crippen molar-refractivity contribution in [3.05, 3.63) is 29.8 Å². The smallest absolute Gasteiger partial charge is 0.0396 e. The minimum Gasteiger partial charge on any atom is -0.374 e. The van der Waals surface area contributed by atoms with Crippen molar-refractivity contribution >= 4 is 5.69 Å². The maximum atomic E-state index is 6.13. The Morgan fingerprint density at radius 2 is 2.15 bits per heavy atom. The molecule has 1 heterocycles. The molecule has 0 aromatic heterocycles. The number of para-hydroxylation sites is 1. The van der Waals surface area contributed by atoms with Crippen LogP contribution >= 0.6 is 0 Å². The first kappa shape index (κ1) is 15.3. The van der Waals surface area contributed by atoms with Gasteiger partial charge in [-0.1, -0.05) is 25.1 Å². The molecule has 1 fully saturated rings. The first-order chi connectivity index (χ1) is 9.60. The SMILES string of the molecule is CCC(N)Cc1ccccc1N(C)CC1CCN(C)C1. The zero-order chi connectivity index (χ0) is 14.5. The van der Waals surface area contributed by atoms with Crippen molar-refractivity contribution in [2.45, 2.75) is 32.2 Å². The Hall–Kier alpha value is -1.06. The molecule has 0 bridgehead atoms. The van der Waals surface area contributed by atoms with Crippen LogP contribution < -0.4 is 10.6 Å². The Bertz CT molecular complexity index is 418. The fourth-order valence-corrected chi connectivity index (χ4v) is 3.14. The lowest BCUT2D eigenvalue weighted by molar-refractivity contribution is 0.396. The summed E-state index contributed by atoms with van der Waals surface area (Å²) in [6, 6.07) is 8.98. The predicted molar refractivity (Wildman–Crippen MR) is 87.3 cm³/mol. The van der Waals surface area contributed by atoms with Gasteiger partial charge in [-0.25, -0.2) is 0 Å². The highest BCUT2D eigenvalue weighted by Gasteiger charge is 2.21. The summed E-state index contributed by atoms with van der Waals surface area (Å²) < 4.78 is 0. The van der Waals surface area contributed by atoms with Gasteiger partial charge in [0.05, 0.1) is 0 Å². The number of likely N-dealkylation sites (tertiary alicyclic amines) is 1. The van der Waals surface area contributed by atoms with Crippen molar-refractivity contribution in [1.29, 1.82) is 0 Å². The van der Waals surface area contributed by atoms with Crippen LogP contribution in [0.2, 0.25) is 0 Å². The van der Waals surface area contributed by atoms with Gasteiger partial charge in [0.15, 0.2) is 0 Å². The lowest BCUT2D eigenvalue weighted by Crippen LogP contribution is -2.29. The molecular formula is C17H29N3. The average molecular weight is 275 g/mol. The van der Waals surface area contributed by atoms with Crippen LogP contribution in [0.4, 0.5) is 5.69 Å². The summed E-state index contributed by atoms with van der Waals surface area (Å²) in [7, 11) is 4.43. The molecule has 2 atom stereocenters. The van der Waals surface area contributed by atoms with Gasteiger partial charge in [0, 0.05) is 31.9 Å². The molecule has 0 spiro atoms. The second kappa shape index (κ2) is 7.09. The topological polar surface area (TPSA) is 32.5 Å². The highest BCUT2D eigenvalue weighted by Crippen LogP contribution is 2.24. The highest BCUT2D eigenvalue weighted by atomic mass is 15.2. The molecule has 2 N–H and O–H groups in total. The van der Waals surface area contributed by atoms with Gasteiger partial charge in [-0.05, 0) is 50.4 Å². The molecule has 0 radical (unpaired) electrons. The Morgan fingerprint density at radius 1 is 1.40 bits per heavy atom. The number of hydrogen-bond acceptors (Lipinski definition) is 3. The quantitative estimate of drug-likeness (QED) is 0.865. The van der Waals surface area contributed by atoms with Gasteiger partial charge in [-0.15, -0.1) is 0 Å². The van der Waals surface area contributed by atoms with Crippen molar-refractivity contribution in [2.75, 3.05) is 38.6 Å². The summed E-state index contributed by atoms with van der Waals surface area (Å²) >= 11 is 0. The van der Waals surface area contributed by atoms with Gasteiger partial charge in [0.2, 0.25) is 0 Å². The summed E-state index contributed by atoms with van der Waals surface area (Å²) in [4.78, 5) is 4.85. The van der Waals surface area contributed by atoms with Crippen LogP contribution in [-0.4, -0.2) is 44.7 Å². The average Bonchev–Trinajstić information content (AvgIpc) is 2.84. The number of hydrogen-bond donors (Lipinski definition) is 1. The maximum Gasteiger partial charge on any atom is 0.0396 e. The van der Waals surface area contributed by atoms with E-state index in [9.17, 15) is 0 Å². The minimum atomic E-state index is 0.266. The summed E-state index contributed by atoms with van der Waals surface area (Å²) in [5.74, 6) is 0.790. The van der Waals surface area contributed by atoms with Crippen molar-refractivity contribution in [1.82, 2.24) is 4.90 Å². The summed E-state index contributed by atoms with van der Waals surface area (Å²) in [6.07, 6.45) is 3.32. The molecule has 1 saturated heterocycles. The van der Waals surface area contributed by atoms with Crippen LogP contribution in [0.25, 0.3) is 0 Å². The number of nitrogens with two attached hydrogens (primary N) is 1. The third-order valence-electron chi connectivity index (χ3n) is 4.43. The molecule has 112 valence electrons. The molecule has 2 rings (SSSR count). The van der Waals surface area contributed by atoms with E-state index in [0.717, 1.165) is 25.3 Å². The highest BCUT2D eigenvalue weighted by molar-refractivity contribution is 5.53. The van der Waals surface area contributed by atoms with E-state index in [1.807, 2.05) is 0 Å². The first-order valence-electron chi connectivity index (χ1n) is 7.83. The lowest BCUT2D eigenvalue weighted by atomic mass is 10.0. The van der Waals surface area contributed by atoms with E-state index in [1.165, 1.54) is 30.8 Å². The van der Waals surface area contributed by atoms with Crippen LogP contribution in [0.1, 0.15) is 25.3 Å². The fourth-order valence-electron chi connectivity index (χ4n) is 3.14. The molecule has 1 aromatic rings. The summed E-state index contributed by atoms with van der Waals surface area (Å²) in [5, 5.41) is 0.